The Bertz CT molecular complexity index is 936. The Hall–Kier alpha value is -3.61. The lowest BCUT2D eigenvalue weighted by Crippen LogP contribution is -2.37. The van der Waals surface area contributed by atoms with Crippen molar-refractivity contribution in [2.24, 2.45) is 0 Å². The highest BCUT2D eigenvalue weighted by atomic mass is 16.5. The maximum absolute atomic E-state index is 12.1. The molecule has 0 bridgehead atoms. The zero-order valence-corrected chi connectivity index (χ0v) is 14.8. The molecule has 0 aliphatic rings. The first-order valence-electron chi connectivity index (χ1n) is 8.37. The van der Waals surface area contributed by atoms with Crippen LogP contribution in [-0.2, 0) is 9.59 Å². The summed E-state index contributed by atoms with van der Waals surface area (Å²) in [4.78, 5) is 28.3. The Balaban J connectivity index is 1.48. The number of ether oxygens (including phenoxy) is 2. The fourth-order valence-electron chi connectivity index (χ4n) is 2.47. The molecule has 138 valence electrons. The van der Waals surface area contributed by atoms with Gasteiger partial charge in [-0.25, -0.2) is 0 Å². The molecular weight excluding hydrogens is 346 g/mol. The number of anilines is 1. The van der Waals surface area contributed by atoms with Crippen molar-refractivity contribution in [3.05, 3.63) is 60.8 Å². The number of pyridine rings is 1. The molecule has 0 spiro atoms. The van der Waals surface area contributed by atoms with Crippen LogP contribution in [0, 0.1) is 0 Å². The maximum atomic E-state index is 12.1. The van der Waals surface area contributed by atoms with Gasteiger partial charge in [-0.15, -0.1) is 0 Å². The second kappa shape index (κ2) is 8.66. The number of aromatic nitrogens is 1. The van der Waals surface area contributed by atoms with E-state index in [0.717, 1.165) is 11.1 Å². The van der Waals surface area contributed by atoms with Crippen LogP contribution in [0.2, 0.25) is 0 Å². The van der Waals surface area contributed by atoms with Gasteiger partial charge in [0, 0.05) is 11.6 Å². The fourth-order valence-corrected chi connectivity index (χ4v) is 2.47. The molecule has 0 aliphatic carbocycles. The molecule has 27 heavy (non-hydrogen) atoms. The molecular formula is C20H19N3O4. The average molecular weight is 365 g/mol. The Morgan fingerprint density at radius 2 is 1.70 bits per heavy atom. The molecule has 0 fully saturated rings. The van der Waals surface area contributed by atoms with Gasteiger partial charge < -0.3 is 20.1 Å². The minimum Gasteiger partial charge on any atom is -0.497 e. The summed E-state index contributed by atoms with van der Waals surface area (Å²) in [5, 5.41) is 5.99. The van der Waals surface area contributed by atoms with Gasteiger partial charge in [0.1, 0.15) is 18.1 Å². The largest absolute Gasteiger partial charge is 0.497 e. The fraction of sp³-hybridized carbons (Fsp3) is 0.150. The SMILES string of the molecule is COc1ccc(OCCNC(=O)C(=O)Nc2cccc3cccnc23)cc1. The summed E-state index contributed by atoms with van der Waals surface area (Å²) >= 11 is 0. The molecule has 7 heteroatoms. The van der Waals surface area contributed by atoms with Gasteiger partial charge in [0.05, 0.1) is 24.9 Å². The highest BCUT2D eigenvalue weighted by Crippen LogP contribution is 2.20. The molecule has 0 radical (unpaired) electrons. The average Bonchev–Trinajstić information content (AvgIpc) is 2.71. The van der Waals surface area contributed by atoms with Crippen molar-refractivity contribution in [2.75, 3.05) is 25.6 Å². The molecule has 0 atom stereocenters. The van der Waals surface area contributed by atoms with Crippen LogP contribution in [0.25, 0.3) is 10.9 Å². The number of nitrogens with one attached hydrogen (secondary N) is 2. The first kappa shape index (κ1) is 18.2. The Morgan fingerprint density at radius 1 is 0.963 bits per heavy atom. The van der Waals surface area contributed by atoms with Gasteiger partial charge in [0.2, 0.25) is 0 Å². The van der Waals surface area contributed by atoms with Gasteiger partial charge in [-0.1, -0.05) is 18.2 Å². The van der Waals surface area contributed by atoms with Crippen molar-refractivity contribution in [1.82, 2.24) is 10.3 Å². The monoisotopic (exact) mass is 365 g/mol. The number of carbonyl (C=O) groups is 2. The zero-order valence-electron chi connectivity index (χ0n) is 14.8. The van der Waals surface area contributed by atoms with Gasteiger partial charge in [-0.2, -0.15) is 0 Å². The molecule has 0 saturated carbocycles. The zero-order chi connectivity index (χ0) is 19.1. The molecule has 0 aliphatic heterocycles. The summed E-state index contributed by atoms with van der Waals surface area (Å²) in [5.41, 5.74) is 1.12. The molecule has 1 heterocycles. The number of hydrogen-bond donors (Lipinski definition) is 2. The first-order valence-corrected chi connectivity index (χ1v) is 8.37. The third-order valence-electron chi connectivity index (χ3n) is 3.80. The first-order chi connectivity index (χ1) is 13.2. The molecule has 0 unspecified atom stereocenters. The van der Waals surface area contributed by atoms with Crippen LogP contribution < -0.4 is 20.1 Å². The second-order valence-corrected chi connectivity index (χ2v) is 5.61. The molecule has 3 aromatic rings. The number of methoxy groups -OCH3 is 1. The summed E-state index contributed by atoms with van der Waals surface area (Å²) in [6.45, 7) is 0.438. The quantitative estimate of drug-likeness (QED) is 0.517. The van der Waals surface area contributed by atoms with Crippen molar-refractivity contribution < 1.29 is 19.1 Å². The van der Waals surface area contributed by atoms with Gasteiger partial charge in [0.25, 0.3) is 0 Å². The van der Waals surface area contributed by atoms with E-state index in [1.54, 1.807) is 49.7 Å². The highest BCUT2D eigenvalue weighted by Gasteiger charge is 2.14. The summed E-state index contributed by atoms with van der Waals surface area (Å²) in [5.74, 6) is -0.106. The second-order valence-electron chi connectivity index (χ2n) is 5.61. The lowest BCUT2D eigenvalue weighted by molar-refractivity contribution is -0.136. The van der Waals surface area contributed by atoms with E-state index in [1.807, 2.05) is 18.2 Å². The van der Waals surface area contributed by atoms with Crippen LogP contribution in [0.3, 0.4) is 0 Å². The van der Waals surface area contributed by atoms with Crippen molar-refractivity contribution >= 4 is 28.4 Å². The summed E-state index contributed by atoms with van der Waals surface area (Å²) in [6.07, 6.45) is 1.63. The number of nitrogens with zero attached hydrogens (tertiary/aromatic N) is 1. The number of amides is 2. The lowest BCUT2D eigenvalue weighted by atomic mass is 10.2. The van der Waals surface area contributed by atoms with Gasteiger partial charge in [-0.3, -0.25) is 14.6 Å². The predicted molar refractivity (Wildman–Crippen MR) is 102 cm³/mol. The van der Waals surface area contributed by atoms with Crippen LogP contribution in [0.4, 0.5) is 5.69 Å². The summed E-state index contributed by atoms with van der Waals surface area (Å²) in [6, 6.07) is 16.2. The minimum absolute atomic E-state index is 0.200. The van der Waals surface area contributed by atoms with Crippen molar-refractivity contribution in [2.45, 2.75) is 0 Å². The van der Waals surface area contributed by atoms with E-state index in [1.165, 1.54) is 0 Å². The van der Waals surface area contributed by atoms with E-state index >= 15 is 0 Å². The third kappa shape index (κ3) is 4.72. The lowest BCUT2D eigenvalue weighted by Gasteiger charge is -2.09. The van der Waals surface area contributed by atoms with E-state index in [-0.39, 0.29) is 13.2 Å². The summed E-state index contributed by atoms with van der Waals surface area (Å²) < 4.78 is 10.6. The number of carbonyl (C=O) groups excluding carboxylic acids is 2. The molecule has 0 saturated heterocycles. The van der Waals surface area contributed by atoms with Crippen LogP contribution in [0.5, 0.6) is 11.5 Å². The van der Waals surface area contributed by atoms with Crippen molar-refractivity contribution in [1.29, 1.82) is 0 Å². The topological polar surface area (TPSA) is 89.5 Å². The van der Waals surface area contributed by atoms with E-state index < -0.39 is 11.8 Å². The maximum Gasteiger partial charge on any atom is 0.313 e. The molecule has 7 nitrogen and oxygen atoms in total. The minimum atomic E-state index is -0.752. The van der Waals surface area contributed by atoms with Gasteiger partial charge in [-0.05, 0) is 36.4 Å². The predicted octanol–water partition coefficient (Wildman–Crippen LogP) is 2.38. The smallest absolute Gasteiger partial charge is 0.313 e. The summed E-state index contributed by atoms with van der Waals surface area (Å²) in [7, 11) is 1.59. The van der Waals surface area contributed by atoms with E-state index in [9.17, 15) is 9.59 Å². The Morgan fingerprint density at radius 3 is 2.48 bits per heavy atom. The van der Waals surface area contributed by atoms with Gasteiger partial charge >= 0.3 is 11.8 Å². The van der Waals surface area contributed by atoms with E-state index in [4.69, 9.17) is 9.47 Å². The number of para-hydroxylation sites is 1. The molecule has 2 N–H and O–H groups in total. The van der Waals surface area contributed by atoms with Crippen LogP contribution in [0.1, 0.15) is 0 Å². The number of benzene rings is 2. The molecule has 2 amide bonds. The highest BCUT2D eigenvalue weighted by molar-refractivity contribution is 6.40. The number of hydrogen-bond acceptors (Lipinski definition) is 5. The Kier molecular flexibility index (Phi) is 5.84. The van der Waals surface area contributed by atoms with E-state index in [0.29, 0.717) is 17.0 Å². The standard InChI is InChI=1S/C20H19N3O4/c1-26-15-7-9-16(10-8-15)27-13-12-22-19(24)20(25)23-17-6-2-4-14-5-3-11-21-18(14)17/h2-11H,12-13H2,1H3,(H,22,24)(H,23,25). The normalized spacial score (nSPS) is 10.3. The van der Waals surface area contributed by atoms with Crippen LogP contribution in [-0.4, -0.2) is 37.1 Å². The third-order valence-corrected chi connectivity index (χ3v) is 3.80. The number of fused-ring (bicyclic) bond motifs is 1. The van der Waals surface area contributed by atoms with Crippen molar-refractivity contribution in [3.8, 4) is 11.5 Å². The molecule has 1 aromatic heterocycles. The molecule has 3 rings (SSSR count). The van der Waals surface area contributed by atoms with Crippen molar-refractivity contribution in [3.63, 3.8) is 0 Å². The Labute approximate surface area is 156 Å². The molecule has 2 aromatic carbocycles. The van der Waals surface area contributed by atoms with E-state index in [2.05, 4.69) is 15.6 Å². The van der Waals surface area contributed by atoms with Crippen LogP contribution >= 0.6 is 0 Å². The van der Waals surface area contributed by atoms with Gasteiger partial charge in [0.15, 0.2) is 0 Å². The van der Waals surface area contributed by atoms with Crippen LogP contribution in [0.15, 0.2) is 60.8 Å². The number of rotatable bonds is 6.